The van der Waals surface area contributed by atoms with Crippen LogP contribution in [0.5, 0.6) is 0 Å². The first-order chi connectivity index (χ1) is 12.9. The number of likely N-dealkylation sites (N-methyl/N-ethyl adjacent to an activating group) is 1. The Balaban J connectivity index is 1.63. The molecular formula is C21H21N3O3. The Morgan fingerprint density at radius 2 is 1.93 bits per heavy atom. The third kappa shape index (κ3) is 2.60. The van der Waals surface area contributed by atoms with Crippen LogP contribution in [-0.2, 0) is 11.3 Å². The third-order valence-corrected chi connectivity index (χ3v) is 5.29. The molecule has 0 spiro atoms. The number of benzene rings is 2. The van der Waals surface area contributed by atoms with Gasteiger partial charge in [0.1, 0.15) is 11.8 Å². The molecule has 4 rings (SSSR count). The average Bonchev–Trinajstić information content (AvgIpc) is 3.13. The van der Waals surface area contributed by atoms with Crippen molar-refractivity contribution in [3.63, 3.8) is 0 Å². The third-order valence-electron chi connectivity index (χ3n) is 5.29. The quantitative estimate of drug-likeness (QED) is 0.712. The molecule has 6 heteroatoms. The number of nitrogens with zero attached hydrogens (tertiary/aromatic N) is 3. The minimum Gasteiger partial charge on any atom is -0.361 e. The Morgan fingerprint density at radius 3 is 2.59 bits per heavy atom. The number of aryl methyl sites for hydroxylation is 2. The number of hydrogen-bond acceptors (Lipinski definition) is 4. The fourth-order valence-electron chi connectivity index (χ4n) is 3.80. The predicted molar refractivity (Wildman–Crippen MR) is 103 cm³/mol. The van der Waals surface area contributed by atoms with Gasteiger partial charge in [0.15, 0.2) is 0 Å². The average molecular weight is 363 g/mol. The van der Waals surface area contributed by atoms with Crippen LogP contribution in [0.15, 0.2) is 40.9 Å². The van der Waals surface area contributed by atoms with Crippen LogP contribution in [0.2, 0.25) is 0 Å². The first-order valence-corrected chi connectivity index (χ1v) is 8.92. The Morgan fingerprint density at radius 1 is 1.22 bits per heavy atom. The monoisotopic (exact) mass is 363 g/mol. The van der Waals surface area contributed by atoms with E-state index in [-0.39, 0.29) is 11.8 Å². The fourth-order valence-corrected chi connectivity index (χ4v) is 3.80. The molecule has 0 N–H and O–H groups in total. The van der Waals surface area contributed by atoms with E-state index in [2.05, 4.69) is 5.16 Å². The van der Waals surface area contributed by atoms with Crippen LogP contribution in [0.3, 0.4) is 0 Å². The molecule has 0 saturated heterocycles. The lowest BCUT2D eigenvalue weighted by Crippen LogP contribution is -2.47. The Bertz CT molecular complexity index is 1040. The molecule has 6 nitrogen and oxygen atoms in total. The number of hydrogen-bond donors (Lipinski definition) is 0. The molecular weight excluding hydrogens is 342 g/mol. The van der Waals surface area contributed by atoms with Gasteiger partial charge in [-0.2, -0.15) is 0 Å². The van der Waals surface area contributed by atoms with Crippen LogP contribution in [0.25, 0.3) is 10.8 Å². The second kappa shape index (κ2) is 6.23. The predicted octanol–water partition coefficient (Wildman–Crippen LogP) is 3.45. The van der Waals surface area contributed by atoms with Crippen LogP contribution in [0.4, 0.5) is 5.69 Å². The summed E-state index contributed by atoms with van der Waals surface area (Å²) in [5.41, 5.74) is 3.11. The summed E-state index contributed by atoms with van der Waals surface area (Å²) in [6.45, 7) is 5.85. The number of anilines is 1. The summed E-state index contributed by atoms with van der Waals surface area (Å²) < 4.78 is 5.18. The smallest absolute Gasteiger partial charge is 0.259 e. The molecule has 0 saturated carbocycles. The molecule has 1 aliphatic heterocycles. The maximum Gasteiger partial charge on any atom is 0.259 e. The Hall–Kier alpha value is -3.15. The molecule has 0 bridgehead atoms. The van der Waals surface area contributed by atoms with Gasteiger partial charge in [-0.15, -0.1) is 0 Å². The molecule has 1 aromatic heterocycles. The molecule has 3 aromatic rings. The van der Waals surface area contributed by atoms with Gasteiger partial charge in [-0.3, -0.25) is 14.5 Å². The highest BCUT2D eigenvalue weighted by Crippen LogP contribution is 2.38. The Kier molecular flexibility index (Phi) is 3.98. The van der Waals surface area contributed by atoms with Crippen molar-refractivity contribution in [2.75, 3.05) is 11.9 Å². The summed E-state index contributed by atoms with van der Waals surface area (Å²) in [4.78, 5) is 29.3. The van der Waals surface area contributed by atoms with Crippen LogP contribution < -0.4 is 4.90 Å². The molecule has 0 aliphatic carbocycles. The van der Waals surface area contributed by atoms with Crippen LogP contribution in [0, 0.1) is 13.8 Å². The summed E-state index contributed by atoms with van der Waals surface area (Å²) in [7, 11) is 1.74. The maximum absolute atomic E-state index is 13.1. The van der Waals surface area contributed by atoms with Gasteiger partial charge in [0.25, 0.3) is 5.91 Å². The van der Waals surface area contributed by atoms with Crippen molar-refractivity contribution in [1.82, 2.24) is 10.1 Å². The van der Waals surface area contributed by atoms with Crippen molar-refractivity contribution in [2.24, 2.45) is 0 Å². The molecule has 138 valence electrons. The summed E-state index contributed by atoms with van der Waals surface area (Å²) in [5.74, 6) is 0.441. The molecule has 1 atom stereocenters. The lowest BCUT2D eigenvalue weighted by Gasteiger charge is -2.28. The second-order valence-corrected chi connectivity index (χ2v) is 7.03. The standard InChI is InChI=1S/C21H21N3O3/c1-12-17(14(3)27-22-12)11-23(4)20(25)13(2)24-18-10-6-8-15-7-5-9-16(19(15)18)21(24)26/h5-10,13H,11H2,1-4H3/t13-/m0/s1. The minimum atomic E-state index is -0.610. The number of rotatable bonds is 4. The number of aromatic nitrogens is 1. The number of carbonyl (C=O) groups excluding carboxylic acids is 2. The van der Waals surface area contributed by atoms with E-state index in [1.165, 1.54) is 0 Å². The van der Waals surface area contributed by atoms with Gasteiger partial charge in [0.05, 0.1) is 17.9 Å². The van der Waals surface area contributed by atoms with E-state index in [9.17, 15) is 9.59 Å². The molecule has 2 amide bonds. The van der Waals surface area contributed by atoms with Gasteiger partial charge in [-0.25, -0.2) is 0 Å². The molecule has 1 aliphatic rings. The summed E-state index contributed by atoms with van der Waals surface area (Å²) in [6.07, 6.45) is 0. The summed E-state index contributed by atoms with van der Waals surface area (Å²) in [5, 5.41) is 5.86. The van der Waals surface area contributed by atoms with Crippen molar-refractivity contribution in [2.45, 2.75) is 33.4 Å². The highest BCUT2D eigenvalue weighted by Gasteiger charge is 2.36. The first kappa shape index (κ1) is 17.3. The van der Waals surface area contributed by atoms with E-state index in [0.717, 1.165) is 27.7 Å². The molecule has 2 heterocycles. The molecule has 2 aromatic carbocycles. The largest absolute Gasteiger partial charge is 0.361 e. The Labute approximate surface area is 157 Å². The van der Waals surface area contributed by atoms with Gasteiger partial charge in [-0.1, -0.05) is 29.4 Å². The van der Waals surface area contributed by atoms with E-state index in [1.807, 2.05) is 50.2 Å². The van der Waals surface area contributed by atoms with Crippen LogP contribution >= 0.6 is 0 Å². The first-order valence-electron chi connectivity index (χ1n) is 8.92. The zero-order chi connectivity index (χ0) is 19.3. The zero-order valence-corrected chi connectivity index (χ0v) is 15.8. The normalized spacial score (nSPS) is 14.1. The van der Waals surface area contributed by atoms with E-state index < -0.39 is 6.04 Å². The SMILES string of the molecule is Cc1noc(C)c1CN(C)C(=O)[C@H](C)N1C(=O)c2cccc3cccc1c23. The van der Waals surface area contributed by atoms with Crippen LogP contribution in [-0.4, -0.2) is 35.0 Å². The molecule has 0 fully saturated rings. The van der Waals surface area contributed by atoms with Crippen molar-refractivity contribution < 1.29 is 14.1 Å². The highest BCUT2D eigenvalue weighted by atomic mass is 16.5. The van der Waals surface area contributed by atoms with Crippen LogP contribution in [0.1, 0.15) is 34.3 Å². The lowest BCUT2D eigenvalue weighted by atomic mass is 10.1. The van der Waals surface area contributed by atoms with E-state index in [4.69, 9.17) is 4.52 Å². The topological polar surface area (TPSA) is 66.7 Å². The summed E-state index contributed by atoms with van der Waals surface area (Å²) >= 11 is 0. The molecule has 27 heavy (non-hydrogen) atoms. The minimum absolute atomic E-state index is 0.131. The van der Waals surface area contributed by atoms with Crippen molar-refractivity contribution in [1.29, 1.82) is 0 Å². The van der Waals surface area contributed by atoms with Gasteiger partial charge >= 0.3 is 0 Å². The number of carbonyl (C=O) groups is 2. The van der Waals surface area contributed by atoms with E-state index >= 15 is 0 Å². The fraction of sp³-hybridized carbons (Fsp3) is 0.286. The molecule has 0 unspecified atom stereocenters. The lowest BCUT2D eigenvalue weighted by molar-refractivity contribution is -0.131. The van der Waals surface area contributed by atoms with Gasteiger partial charge < -0.3 is 9.42 Å². The van der Waals surface area contributed by atoms with Crippen molar-refractivity contribution >= 4 is 28.3 Å². The zero-order valence-electron chi connectivity index (χ0n) is 15.8. The van der Waals surface area contributed by atoms with Crippen molar-refractivity contribution in [3.8, 4) is 0 Å². The van der Waals surface area contributed by atoms with E-state index in [0.29, 0.717) is 17.9 Å². The highest BCUT2D eigenvalue weighted by molar-refractivity contribution is 6.26. The summed E-state index contributed by atoms with van der Waals surface area (Å²) in [6, 6.07) is 10.9. The van der Waals surface area contributed by atoms with Gasteiger partial charge in [0, 0.05) is 23.6 Å². The van der Waals surface area contributed by atoms with Crippen molar-refractivity contribution in [3.05, 3.63) is 59.0 Å². The maximum atomic E-state index is 13.1. The number of amides is 2. The van der Waals surface area contributed by atoms with Gasteiger partial charge in [-0.05, 0) is 38.3 Å². The van der Waals surface area contributed by atoms with E-state index in [1.54, 1.807) is 23.8 Å². The van der Waals surface area contributed by atoms with Gasteiger partial charge in [0.2, 0.25) is 5.91 Å². The molecule has 0 radical (unpaired) electrons. The second-order valence-electron chi connectivity index (χ2n) is 7.03.